The number of hydrogen-bond acceptors (Lipinski definition) is 4. The third-order valence-corrected chi connectivity index (χ3v) is 3.35. The Morgan fingerprint density at radius 2 is 2.25 bits per heavy atom. The van der Waals surface area contributed by atoms with Gasteiger partial charge in [0.1, 0.15) is 5.58 Å². The highest BCUT2D eigenvalue weighted by molar-refractivity contribution is 9.10. The molecule has 2 aromatic rings. The van der Waals surface area contributed by atoms with Gasteiger partial charge in [-0.1, -0.05) is 12.1 Å². The highest BCUT2D eigenvalue weighted by atomic mass is 79.9. The lowest BCUT2D eigenvalue weighted by Gasteiger charge is -2.10. The maximum atomic E-state index is 11.9. The summed E-state index contributed by atoms with van der Waals surface area (Å²) in [6.45, 7) is -0.136. The van der Waals surface area contributed by atoms with Crippen molar-refractivity contribution in [1.82, 2.24) is 5.32 Å². The second-order valence-electron chi connectivity index (χ2n) is 4.04. The van der Waals surface area contributed by atoms with Crippen LogP contribution in [0.4, 0.5) is 0 Å². The second kappa shape index (κ2) is 6.06. The van der Waals surface area contributed by atoms with Crippen molar-refractivity contribution in [3.8, 4) is 0 Å². The van der Waals surface area contributed by atoms with Crippen molar-refractivity contribution in [2.75, 3.05) is 13.7 Å². The van der Waals surface area contributed by atoms with Crippen molar-refractivity contribution < 1.29 is 23.8 Å². The molecule has 1 heterocycles. The van der Waals surface area contributed by atoms with Crippen molar-refractivity contribution in [2.45, 2.75) is 6.10 Å². The van der Waals surface area contributed by atoms with Crippen LogP contribution in [0.15, 0.2) is 33.2 Å². The van der Waals surface area contributed by atoms with E-state index in [1.165, 1.54) is 7.11 Å². The van der Waals surface area contributed by atoms with Gasteiger partial charge in [0.15, 0.2) is 11.9 Å². The summed E-state index contributed by atoms with van der Waals surface area (Å²) in [7, 11) is 1.27. The number of ether oxygens (including phenoxy) is 1. The second-order valence-corrected chi connectivity index (χ2v) is 4.90. The Morgan fingerprint density at radius 1 is 1.50 bits per heavy atom. The third kappa shape index (κ3) is 3.00. The van der Waals surface area contributed by atoms with Crippen LogP contribution in [0.3, 0.4) is 0 Å². The summed E-state index contributed by atoms with van der Waals surface area (Å²) in [6, 6.07) is 7.04. The van der Waals surface area contributed by atoms with E-state index in [-0.39, 0.29) is 12.3 Å². The summed E-state index contributed by atoms with van der Waals surface area (Å²) in [6.07, 6.45) is -1.09. The van der Waals surface area contributed by atoms with Crippen LogP contribution in [0.5, 0.6) is 0 Å². The quantitative estimate of drug-likeness (QED) is 0.868. The number of carboxylic acids is 1. The van der Waals surface area contributed by atoms with Gasteiger partial charge in [-0.15, -0.1) is 0 Å². The van der Waals surface area contributed by atoms with Crippen molar-refractivity contribution in [3.05, 3.63) is 34.5 Å². The molecule has 20 heavy (non-hydrogen) atoms. The normalized spacial score (nSPS) is 12.3. The maximum absolute atomic E-state index is 11.9. The number of carbonyl (C=O) groups excluding carboxylic acids is 1. The van der Waals surface area contributed by atoms with Crippen molar-refractivity contribution >= 4 is 38.8 Å². The number of rotatable bonds is 5. The van der Waals surface area contributed by atoms with Gasteiger partial charge in [-0.3, -0.25) is 4.79 Å². The smallest absolute Gasteiger partial charge is 0.334 e. The molecule has 0 aliphatic carbocycles. The average molecular weight is 342 g/mol. The summed E-state index contributed by atoms with van der Waals surface area (Å²) >= 11 is 3.33. The Labute approximate surface area is 122 Å². The van der Waals surface area contributed by atoms with Gasteiger partial charge in [-0.25, -0.2) is 4.79 Å². The van der Waals surface area contributed by atoms with E-state index in [0.29, 0.717) is 5.58 Å². The predicted molar refractivity (Wildman–Crippen MR) is 74.7 cm³/mol. The molecule has 2 rings (SSSR count). The zero-order valence-electron chi connectivity index (χ0n) is 10.6. The number of fused-ring (bicyclic) bond motifs is 1. The monoisotopic (exact) mass is 341 g/mol. The van der Waals surface area contributed by atoms with E-state index in [1.54, 1.807) is 12.1 Å². The van der Waals surface area contributed by atoms with E-state index in [0.717, 1.165) is 9.86 Å². The van der Waals surface area contributed by atoms with Gasteiger partial charge in [0.05, 0.1) is 11.0 Å². The number of halogens is 1. The Morgan fingerprint density at radius 3 is 2.85 bits per heavy atom. The molecule has 0 spiro atoms. The van der Waals surface area contributed by atoms with Crippen LogP contribution in [0, 0.1) is 0 Å². The van der Waals surface area contributed by atoms with Gasteiger partial charge in [0.2, 0.25) is 0 Å². The Balaban J connectivity index is 2.12. The Bertz CT molecular complexity index is 651. The molecule has 7 heteroatoms. The summed E-state index contributed by atoms with van der Waals surface area (Å²) in [4.78, 5) is 22.7. The van der Waals surface area contributed by atoms with Crippen LogP contribution in [-0.4, -0.2) is 36.7 Å². The van der Waals surface area contributed by atoms with Crippen molar-refractivity contribution in [1.29, 1.82) is 0 Å². The van der Waals surface area contributed by atoms with Gasteiger partial charge < -0.3 is 19.6 Å². The van der Waals surface area contributed by atoms with Crippen LogP contribution in [0.1, 0.15) is 10.6 Å². The molecular weight excluding hydrogens is 330 g/mol. The largest absolute Gasteiger partial charge is 0.479 e. The molecule has 1 amide bonds. The molecule has 106 valence electrons. The van der Waals surface area contributed by atoms with E-state index < -0.39 is 18.0 Å². The first-order valence-electron chi connectivity index (χ1n) is 5.74. The van der Waals surface area contributed by atoms with E-state index in [1.807, 2.05) is 12.1 Å². The minimum absolute atomic E-state index is 0.118. The SMILES string of the molecule is COC(CNC(=O)c1cc2cccc(Br)c2o1)C(=O)O. The molecular formula is C13H12BrNO5. The zero-order chi connectivity index (χ0) is 14.7. The number of para-hydroxylation sites is 1. The first-order chi connectivity index (χ1) is 9.52. The summed E-state index contributed by atoms with van der Waals surface area (Å²) in [5.41, 5.74) is 0.569. The highest BCUT2D eigenvalue weighted by Gasteiger charge is 2.19. The molecule has 0 saturated heterocycles. The van der Waals surface area contributed by atoms with Crippen LogP contribution in [0.25, 0.3) is 11.0 Å². The number of aliphatic carboxylic acids is 1. The maximum Gasteiger partial charge on any atom is 0.334 e. The van der Waals surface area contributed by atoms with E-state index >= 15 is 0 Å². The Hall–Kier alpha value is -1.86. The predicted octanol–water partition coefficient (Wildman–Crippen LogP) is 2.02. The topological polar surface area (TPSA) is 88.8 Å². The molecule has 1 unspecified atom stereocenters. The first-order valence-corrected chi connectivity index (χ1v) is 6.54. The number of nitrogens with one attached hydrogen (secondary N) is 1. The van der Waals surface area contributed by atoms with E-state index in [4.69, 9.17) is 14.3 Å². The number of benzene rings is 1. The summed E-state index contributed by atoms with van der Waals surface area (Å²) < 4.78 is 10.9. The van der Waals surface area contributed by atoms with Gasteiger partial charge in [0, 0.05) is 12.5 Å². The minimum Gasteiger partial charge on any atom is -0.479 e. The molecule has 0 aliphatic rings. The molecule has 2 N–H and O–H groups in total. The van der Waals surface area contributed by atoms with Gasteiger partial charge >= 0.3 is 5.97 Å². The molecule has 0 saturated carbocycles. The molecule has 1 aromatic heterocycles. The number of methoxy groups -OCH3 is 1. The van der Waals surface area contributed by atoms with Crippen molar-refractivity contribution in [2.24, 2.45) is 0 Å². The highest BCUT2D eigenvalue weighted by Crippen LogP contribution is 2.26. The summed E-state index contributed by atoms with van der Waals surface area (Å²) in [5.74, 6) is -1.51. The van der Waals surface area contributed by atoms with E-state index in [2.05, 4.69) is 21.2 Å². The minimum atomic E-state index is -1.14. The number of carbonyl (C=O) groups is 2. The fraction of sp³-hybridized carbons (Fsp3) is 0.231. The third-order valence-electron chi connectivity index (χ3n) is 2.73. The summed E-state index contributed by atoms with van der Waals surface area (Å²) in [5, 5.41) is 12.0. The number of furan rings is 1. The molecule has 0 radical (unpaired) electrons. The van der Waals surface area contributed by atoms with Crippen molar-refractivity contribution in [3.63, 3.8) is 0 Å². The van der Waals surface area contributed by atoms with Gasteiger partial charge in [0.25, 0.3) is 5.91 Å². The molecule has 0 bridgehead atoms. The number of amides is 1. The lowest BCUT2D eigenvalue weighted by atomic mass is 10.2. The van der Waals surface area contributed by atoms with Crippen LogP contribution in [0.2, 0.25) is 0 Å². The fourth-order valence-corrected chi connectivity index (χ4v) is 2.15. The van der Waals surface area contributed by atoms with Gasteiger partial charge in [-0.05, 0) is 28.1 Å². The fourth-order valence-electron chi connectivity index (χ4n) is 1.68. The van der Waals surface area contributed by atoms with Crippen LogP contribution < -0.4 is 5.32 Å². The number of hydrogen-bond donors (Lipinski definition) is 2. The lowest BCUT2D eigenvalue weighted by Crippen LogP contribution is -2.37. The first kappa shape index (κ1) is 14.5. The average Bonchev–Trinajstić information content (AvgIpc) is 2.84. The molecule has 1 atom stereocenters. The molecule has 6 nitrogen and oxygen atoms in total. The van der Waals surface area contributed by atoms with Gasteiger partial charge in [-0.2, -0.15) is 0 Å². The molecule has 1 aromatic carbocycles. The zero-order valence-corrected chi connectivity index (χ0v) is 12.1. The molecule has 0 aliphatic heterocycles. The standard InChI is InChI=1S/C13H12BrNO5/c1-19-10(13(17)18)6-15-12(16)9-5-7-3-2-4-8(14)11(7)20-9/h2-5,10H,6H2,1H3,(H,15,16)(H,17,18). The Kier molecular flexibility index (Phi) is 4.41. The number of carboxylic acid groups (broad SMARTS) is 1. The van der Waals surface area contributed by atoms with E-state index in [9.17, 15) is 9.59 Å². The lowest BCUT2D eigenvalue weighted by molar-refractivity contribution is -0.148. The van der Waals surface area contributed by atoms with Crippen LogP contribution >= 0.6 is 15.9 Å². The van der Waals surface area contributed by atoms with Crippen LogP contribution in [-0.2, 0) is 9.53 Å². The molecule has 0 fully saturated rings.